The fourth-order valence-corrected chi connectivity index (χ4v) is 1.31. The number of nitrogens with two attached hydrogens (primary N) is 1. The van der Waals surface area contributed by atoms with E-state index >= 15 is 0 Å². The standard InChI is InChI=1S/C8H16N4/c1-3-4-7(11-9)8-5-10-6-12(8)2/h5-7,11H,3-4,9H2,1-2H3. The summed E-state index contributed by atoms with van der Waals surface area (Å²) >= 11 is 0. The lowest BCUT2D eigenvalue weighted by molar-refractivity contribution is 0.485. The molecule has 0 aliphatic heterocycles. The Morgan fingerprint density at radius 1 is 1.75 bits per heavy atom. The molecular formula is C8H16N4. The van der Waals surface area contributed by atoms with Crippen LogP contribution in [0, 0.1) is 0 Å². The number of nitrogens with one attached hydrogen (secondary N) is 1. The maximum atomic E-state index is 5.43. The van der Waals surface area contributed by atoms with Crippen molar-refractivity contribution in [3.63, 3.8) is 0 Å². The predicted octanol–water partition coefficient (Wildman–Crippen LogP) is 0.725. The van der Waals surface area contributed by atoms with Gasteiger partial charge < -0.3 is 4.57 Å². The van der Waals surface area contributed by atoms with Crippen LogP contribution in [0.25, 0.3) is 0 Å². The summed E-state index contributed by atoms with van der Waals surface area (Å²) in [5, 5.41) is 0. The quantitative estimate of drug-likeness (QED) is 0.514. The smallest absolute Gasteiger partial charge is 0.0946 e. The third-order valence-corrected chi connectivity index (χ3v) is 1.99. The summed E-state index contributed by atoms with van der Waals surface area (Å²) in [7, 11) is 1.97. The lowest BCUT2D eigenvalue weighted by Crippen LogP contribution is -2.29. The second kappa shape index (κ2) is 4.23. The first-order valence-corrected chi connectivity index (χ1v) is 4.22. The molecule has 0 bridgehead atoms. The normalized spacial score (nSPS) is 13.2. The van der Waals surface area contributed by atoms with Gasteiger partial charge in [0.1, 0.15) is 0 Å². The second-order valence-corrected chi connectivity index (χ2v) is 2.94. The maximum absolute atomic E-state index is 5.43. The number of hydrazine groups is 1. The Morgan fingerprint density at radius 2 is 2.50 bits per heavy atom. The van der Waals surface area contributed by atoms with Crippen LogP contribution in [0.1, 0.15) is 31.5 Å². The average Bonchev–Trinajstić information content (AvgIpc) is 2.47. The number of imidazole rings is 1. The number of aryl methyl sites for hydroxylation is 1. The average molecular weight is 168 g/mol. The van der Waals surface area contributed by atoms with Crippen molar-refractivity contribution in [3.05, 3.63) is 18.2 Å². The van der Waals surface area contributed by atoms with Gasteiger partial charge in [-0.15, -0.1) is 0 Å². The molecule has 0 fully saturated rings. The van der Waals surface area contributed by atoms with Crippen LogP contribution < -0.4 is 11.3 Å². The number of rotatable bonds is 4. The summed E-state index contributed by atoms with van der Waals surface area (Å²) in [5.41, 5.74) is 3.92. The third kappa shape index (κ3) is 1.84. The molecule has 1 aromatic heterocycles. The number of aromatic nitrogens is 2. The van der Waals surface area contributed by atoms with Gasteiger partial charge in [0, 0.05) is 13.2 Å². The summed E-state index contributed by atoms with van der Waals surface area (Å²) in [5.74, 6) is 5.43. The van der Waals surface area contributed by atoms with Crippen LogP contribution in [0.4, 0.5) is 0 Å². The first kappa shape index (κ1) is 9.22. The summed E-state index contributed by atoms with van der Waals surface area (Å²) < 4.78 is 1.99. The lowest BCUT2D eigenvalue weighted by Gasteiger charge is -2.14. The zero-order chi connectivity index (χ0) is 8.97. The highest BCUT2D eigenvalue weighted by molar-refractivity contribution is 5.03. The van der Waals surface area contributed by atoms with Crippen molar-refractivity contribution < 1.29 is 0 Å². The zero-order valence-electron chi connectivity index (χ0n) is 7.62. The Bertz CT molecular complexity index is 231. The van der Waals surface area contributed by atoms with E-state index in [4.69, 9.17) is 5.84 Å². The van der Waals surface area contributed by atoms with Gasteiger partial charge in [0.25, 0.3) is 0 Å². The molecule has 4 nitrogen and oxygen atoms in total. The fraction of sp³-hybridized carbons (Fsp3) is 0.625. The Hall–Kier alpha value is -0.870. The first-order chi connectivity index (χ1) is 5.79. The van der Waals surface area contributed by atoms with E-state index in [9.17, 15) is 0 Å². The monoisotopic (exact) mass is 168 g/mol. The second-order valence-electron chi connectivity index (χ2n) is 2.94. The molecule has 0 spiro atoms. The molecule has 1 rings (SSSR count). The Morgan fingerprint density at radius 3 is 2.92 bits per heavy atom. The molecular weight excluding hydrogens is 152 g/mol. The van der Waals surface area contributed by atoms with Crippen molar-refractivity contribution in [1.29, 1.82) is 0 Å². The van der Waals surface area contributed by atoms with Crippen molar-refractivity contribution >= 4 is 0 Å². The van der Waals surface area contributed by atoms with E-state index < -0.39 is 0 Å². The molecule has 1 atom stereocenters. The van der Waals surface area contributed by atoms with Crippen molar-refractivity contribution in [2.24, 2.45) is 12.9 Å². The van der Waals surface area contributed by atoms with Gasteiger partial charge in [-0.1, -0.05) is 13.3 Å². The highest BCUT2D eigenvalue weighted by Crippen LogP contribution is 2.15. The molecule has 0 amide bonds. The van der Waals surface area contributed by atoms with Crippen LogP contribution >= 0.6 is 0 Å². The van der Waals surface area contributed by atoms with Crippen LogP contribution in [-0.4, -0.2) is 9.55 Å². The molecule has 12 heavy (non-hydrogen) atoms. The minimum absolute atomic E-state index is 0.225. The van der Waals surface area contributed by atoms with Gasteiger partial charge >= 0.3 is 0 Å². The Balaban J connectivity index is 2.72. The van der Waals surface area contributed by atoms with E-state index in [0.29, 0.717) is 0 Å². The van der Waals surface area contributed by atoms with Gasteiger partial charge in [0.2, 0.25) is 0 Å². The number of hydrogen-bond donors (Lipinski definition) is 2. The Kier molecular flexibility index (Phi) is 3.25. The Labute approximate surface area is 72.8 Å². The van der Waals surface area contributed by atoms with Gasteiger partial charge in [0.05, 0.1) is 18.1 Å². The van der Waals surface area contributed by atoms with E-state index in [2.05, 4.69) is 17.3 Å². The molecule has 4 heteroatoms. The van der Waals surface area contributed by atoms with E-state index in [1.54, 1.807) is 6.33 Å². The third-order valence-electron chi connectivity index (χ3n) is 1.99. The van der Waals surface area contributed by atoms with E-state index in [0.717, 1.165) is 18.5 Å². The topological polar surface area (TPSA) is 55.9 Å². The number of nitrogens with zero attached hydrogens (tertiary/aromatic N) is 2. The minimum atomic E-state index is 0.225. The summed E-state index contributed by atoms with van der Waals surface area (Å²) in [4.78, 5) is 4.04. The van der Waals surface area contributed by atoms with E-state index in [-0.39, 0.29) is 6.04 Å². The highest BCUT2D eigenvalue weighted by Gasteiger charge is 2.10. The first-order valence-electron chi connectivity index (χ1n) is 4.22. The van der Waals surface area contributed by atoms with Crippen LogP contribution in [-0.2, 0) is 7.05 Å². The number of hydrogen-bond acceptors (Lipinski definition) is 3. The van der Waals surface area contributed by atoms with Gasteiger partial charge in [0.15, 0.2) is 0 Å². The molecule has 3 N–H and O–H groups in total. The maximum Gasteiger partial charge on any atom is 0.0946 e. The SMILES string of the molecule is CCCC(NN)c1cncn1C. The van der Waals surface area contributed by atoms with Gasteiger partial charge in [-0.3, -0.25) is 11.3 Å². The van der Waals surface area contributed by atoms with Crippen molar-refractivity contribution in [1.82, 2.24) is 15.0 Å². The molecule has 1 heterocycles. The minimum Gasteiger partial charge on any atom is -0.336 e. The molecule has 0 aliphatic rings. The van der Waals surface area contributed by atoms with Crippen molar-refractivity contribution in [2.75, 3.05) is 0 Å². The fourth-order valence-electron chi connectivity index (χ4n) is 1.31. The van der Waals surface area contributed by atoms with Crippen molar-refractivity contribution in [3.8, 4) is 0 Å². The lowest BCUT2D eigenvalue weighted by atomic mass is 10.1. The molecule has 0 aromatic carbocycles. The molecule has 1 aromatic rings. The molecule has 0 saturated heterocycles. The molecule has 68 valence electrons. The van der Waals surface area contributed by atoms with Gasteiger partial charge in [-0.25, -0.2) is 4.98 Å². The summed E-state index contributed by atoms with van der Waals surface area (Å²) in [6.07, 6.45) is 5.78. The molecule has 0 saturated carbocycles. The van der Waals surface area contributed by atoms with E-state index in [1.807, 2.05) is 17.8 Å². The largest absolute Gasteiger partial charge is 0.336 e. The molecule has 0 aliphatic carbocycles. The van der Waals surface area contributed by atoms with Crippen LogP contribution in [0.15, 0.2) is 12.5 Å². The van der Waals surface area contributed by atoms with E-state index in [1.165, 1.54) is 0 Å². The summed E-state index contributed by atoms with van der Waals surface area (Å²) in [6.45, 7) is 2.14. The summed E-state index contributed by atoms with van der Waals surface area (Å²) in [6, 6.07) is 0.225. The highest BCUT2D eigenvalue weighted by atomic mass is 15.2. The van der Waals surface area contributed by atoms with Gasteiger partial charge in [-0.05, 0) is 6.42 Å². The van der Waals surface area contributed by atoms with Crippen molar-refractivity contribution in [2.45, 2.75) is 25.8 Å². The molecule has 0 radical (unpaired) electrons. The predicted molar refractivity (Wildman–Crippen MR) is 48.2 cm³/mol. The van der Waals surface area contributed by atoms with Crippen LogP contribution in [0.2, 0.25) is 0 Å². The zero-order valence-corrected chi connectivity index (χ0v) is 7.62. The van der Waals surface area contributed by atoms with Crippen LogP contribution in [0.5, 0.6) is 0 Å². The molecule has 1 unspecified atom stereocenters. The van der Waals surface area contributed by atoms with Crippen LogP contribution in [0.3, 0.4) is 0 Å². The van der Waals surface area contributed by atoms with Gasteiger partial charge in [-0.2, -0.15) is 0 Å².